The van der Waals surface area contributed by atoms with E-state index in [-0.39, 0.29) is 0 Å². The van der Waals surface area contributed by atoms with E-state index in [2.05, 4.69) is 44.8 Å². The van der Waals surface area contributed by atoms with Crippen molar-refractivity contribution < 1.29 is 0 Å². The lowest BCUT2D eigenvalue weighted by molar-refractivity contribution is 1.15. The van der Waals surface area contributed by atoms with Crippen LogP contribution in [-0.2, 0) is 0 Å². The van der Waals surface area contributed by atoms with Crippen molar-refractivity contribution in [3.63, 3.8) is 0 Å². The van der Waals surface area contributed by atoms with Gasteiger partial charge in [0.05, 0.1) is 0 Å². The Hall–Kier alpha value is 0.394. The number of nitrogens with one attached hydrogen (secondary N) is 1. The third-order valence-electron chi connectivity index (χ3n) is 1.65. The van der Waals surface area contributed by atoms with Gasteiger partial charge in [-0.3, -0.25) is 0 Å². The van der Waals surface area contributed by atoms with Crippen LogP contribution in [0.15, 0.2) is 0 Å². The summed E-state index contributed by atoms with van der Waals surface area (Å²) in [7, 11) is 0.288. The molecule has 0 atom stereocenters. The van der Waals surface area contributed by atoms with Crippen LogP contribution in [0.1, 0.15) is 0 Å². The molecule has 0 heterocycles. The lowest BCUT2D eigenvalue weighted by atomic mass is 11.6. The molecule has 0 saturated heterocycles. The smallest absolute Gasteiger partial charge is 0.116 e. The van der Waals surface area contributed by atoms with Crippen molar-refractivity contribution in [1.82, 2.24) is 4.98 Å². The summed E-state index contributed by atoms with van der Waals surface area (Å²) in [5.74, 6) is 0. The van der Waals surface area contributed by atoms with E-state index in [0.717, 1.165) is 0 Å². The lowest BCUT2D eigenvalue weighted by Crippen LogP contribution is -2.47. The van der Waals surface area contributed by atoms with E-state index in [4.69, 9.17) is 0 Å². The summed E-state index contributed by atoms with van der Waals surface area (Å²) in [4.78, 5) is 3.47. The van der Waals surface area contributed by atoms with Gasteiger partial charge < -0.3 is 4.98 Å². The molecular formula is C7H21NSi2. The molecular weight excluding hydrogens is 154 g/mol. The van der Waals surface area contributed by atoms with Gasteiger partial charge in [0, 0.05) is 8.07 Å². The second-order valence-corrected chi connectivity index (χ2v) is 15.7. The Morgan fingerprint density at radius 1 is 1.00 bits per heavy atom. The maximum absolute atomic E-state index is 3.47. The van der Waals surface area contributed by atoms with Crippen LogP contribution in [0.5, 0.6) is 0 Å². The molecule has 0 aromatic rings. The molecule has 0 aliphatic rings. The Kier molecular flexibility index (Phi) is 3.32. The minimum Gasteiger partial charge on any atom is -0.340 e. The molecule has 0 bridgehead atoms. The molecule has 10 heavy (non-hydrogen) atoms. The first kappa shape index (κ1) is 10.4. The van der Waals surface area contributed by atoms with Crippen molar-refractivity contribution in [3.05, 3.63) is 0 Å². The third-order valence-corrected chi connectivity index (χ3v) is 10.8. The molecule has 0 spiro atoms. The van der Waals surface area contributed by atoms with E-state index < -0.39 is 16.3 Å². The minimum atomic E-state index is -1.00. The standard InChI is InChI=1S/C7H21NSi2/c1-8-10(5,6)7-9(2,3)4/h8H,7H2,1-6H3. The van der Waals surface area contributed by atoms with Crippen molar-refractivity contribution in [3.8, 4) is 0 Å². The second kappa shape index (κ2) is 3.19. The molecule has 0 aliphatic heterocycles. The maximum Gasteiger partial charge on any atom is 0.116 e. The fraction of sp³-hybridized carbons (Fsp3) is 1.00. The van der Waals surface area contributed by atoms with Crippen molar-refractivity contribution in [1.29, 1.82) is 0 Å². The van der Waals surface area contributed by atoms with Crippen molar-refractivity contribution in [2.24, 2.45) is 0 Å². The zero-order chi connectivity index (χ0) is 8.41. The SMILES string of the molecule is CN[Si](C)(C)C[Si](C)(C)C. The largest absolute Gasteiger partial charge is 0.340 e. The number of rotatable bonds is 3. The van der Waals surface area contributed by atoms with Crippen LogP contribution in [0.3, 0.4) is 0 Å². The Morgan fingerprint density at radius 3 is 1.50 bits per heavy atom. The fourth-order valence-corrected chi connectivity index (χ4v) is 12.7. The summed E-state index contributed by atoms with van der Waals surface area (Å²) in [6.45, 7) is 12.1. The molecule has 0 aromatic carbocycles. The summed E-state index contributed by atoms with van der Waals surface area (Å²) in [5.41, 5.74) is 1.48. The lowest BCUT2D eigenvalue weighted by Gasteiger charge is -2.28. The van der Waals surface area contributed by atoms with E-state index in [9.17, 15) is 0 Å². The minimum absolute atomic E-state index is 0.814. The van der Waals surface area contributed by atoms with E-state index in [1.54, 1.807) is 0 Å². The molecule has 0 radical (unpaired) electrons. The highest BCUT2D eigenvalue weighted by Gasteiger charge is 2.26. The molecule has 0 aromatic heterocycles. The molecule has 0 rings (SSSR count). The summed E-state index contributed by atoms with van der Waals surface area (Å²) < 4.78 is 0. The van der Waals surface area contributed by atoms with Crippen molar-refractivity contribution in [2.75, 3.05) is 7.05 Å². The van der Waals surface area contributed by atoms with Gasteiger partial charge in [-0.15, -0.1) is 0 Å². The molecule has 1 N–H and O–H groups in total. The molecule has 0 unspecified atom stereocenters. The summed E-state index contributed by atoms with van der Waals surface area (Å²) in [5, 5.41) is 0. The fourth-order valence-electron chi connectivity index (χ4n) is 1.41. The van der Waals surface area contributed by atoms with E-state index >= 15 is 0 Å². The highest BCUT2D eigenvalue weighted by Crippen LogP contribution is 2.16. The predicted octanol–water partition coefficient (Wildman–Crippen LogP) is 2.29. The molecule has 62 valence electrons. The maximum atomic E-state index is 3.47. The van der Waals surface area contributed by atoms with Gasteiger partial charge in [-0.25, -0.2) is 0 Å². The van der Waals surface area contributed by atoms with Gasteiger partial charge in [-0.2, -0.15) is 0 Å². The molecule has 0 amide bonds. The van der Waals surface area contributed by atoms with E-state index in [1.807, 2.05) is 0 Å². The average Bonchev–Trinajstić information content (AvgIpc) is 1.60. The van der Waals surface area contributed by atoms with Crippen LogP contribution < -0.4 is 4.98 Å². The highest BCUT2D eigenvalue weighted by atomic mass is 28.4. The Bertz CT molecular complexity index is 105. The monoisotopic (exact) mass is 175 g/mol. The first-order chi connectivity index (χ1) is 4.27. The van der Waals surface area contributed by atoms with Crippen LogP contribution in [0.2, 0.25) is 38.4 Å². The first-order valence-electron chi connectivity index (χ1n) is 3.96. The van der Waals surface area contributed by atoms with Crippen LogP contribution in [-0.4, -0.2) is 23.4 Å². The average molecular weight is 175 g/mol. The van der Waals surface area contributed by atoms with Gasteiger partial charge in [0.15, 0.2) is 0 Å². The summed E-state index contributed by atoms with van der Waals surface area (Å²) in [6.07, 6.45) is 0. The molecule has 0 aliphatic carbocycles. The molecule has 1 nitrogen and oxygen atoms in total. The topological polar surface area (TPSA) is 12.0 Å². The highest BCUT2D eigenvalue weighted by molar-refractivity contribution is 6.93. The van der Waals surface area contributed by atoms with Gasteiger partial charge in [0.2, 0.25) is 0 Å². The van der Waals surface area contributed by atoms with Gasteiger partial charge in [0.1, 0.15) is 8.24 Å². The quantitative estimate of drug-likeness (QED) is 0.649. The third kappa shape index (κ3) is 5.20. The van der Waals surface area contributed by atoms with Gasteiger partial charge in [-0.05, 0) is 12.7 Å². The molecule has 0 fully saturated rings. The van der Waals surface area contributed by atoms with Crippen LogP contribution >= 0.6 is 0 Å². The van der Waals surface area contributed by atoms with Crippen molar-refractivity contribution >= 4 is 16.3 Å². The van der Waals surface area contributed by atoms with Crippen LogP contribution in [0.25, 0.3) is 0 Å². The Labute approximate surface area is 67.3 Å². The second-order valence-electron chi connectivity index (χ2n) is 4.87. The van der Waals surface area contributed by atoms with Gasteiger partial charge in [0.25, 0.3) is 0 Å². The van der Waals surface area contributed by atoms with Crippen LogP contribution in [0, 0.1) is 0 Å². The van der Waals surface area contributed by atoms with Gasteiger partial charge in [-0.1, -0.05) is 32.7 Å². The van der Waals surface area contributed by atoms with E-state index in [1.165, 1.54) is 5.67 Å². The molecule has 0 saturated carbocycles. The number of hydrogen-bond acceptors (Lipinski definition) is 1. The molecule has 3 heteroatoms. The van der Waals surface area contributed by atoms with Gasteiger partial charge >= 0.3 is 0 Å². The van der Waals surface area contributed by atoms with Crippen LogP contribution in [0.4, 0.5) is 0 Å². The first-order valence-corrected chi connectivity index (χ1v) is 10.9. The Morgan fingerprint density at radius 2 is 1.40 bits per heavy atom. The van der Waals surface area contributed by atoms with E-state index in [0.29, 0.717) is 0 Å². The number of hydrogen-bond donors (Lipinski definition) is 1. The zero-order valence-corrected chi connectivity index (χ0v) is 10.2. The zero-order valence-electron chi connectivity index (χ0n) is 8.21. The normalized spacial score (nSPS) is 13.8. The summed E-state index contributed by atoms with van der Waals surface area (Å²) in [6, 6.07) is 0. The summed E-state index contributed by atoms with van der Waals surface area (Å²) >= 11 is 0. The Balaban J connectivity index is 3.89. The predicted molar refractivity (Wildman–Crippen MR) is 54.7 cm³/mol. The van der Waals surface area contributed by atoms with Crippen molar-refractivity contribution in [2.45, 2.75) is 38.4 Å².